The summed E-state index contributed by atoms with van der Waals surface area (Å²) in [5.41, 5.74) is 3.75. The highest BCUT2D eigenvalue weighted by molar-refractivity contribution is 5.81. The first-order valence-electron chi connectivity index (χ1n) is 13.1. The van der Waals surface area contributed by atoms with Crippen LogP contribution in [0.4, 0.5) is 0 Å². The molecule has 4 heteroatoms. The number of carbonyl (C=O) groups is 2. The minimum atomic E-state index is -0.313. The quantitative estimate of drug-likeness (QED) is 0.260. The van der Waals surface area contributed by atoms with Crippen LogP contribution in [0.25, 0.3) is 0 Å². The Hall–Kier alpha value is -2.62. The van der Waals surface area contributed by atoms with E-state index in [0.717, 1.165) is 37.0 Å². The van der Waals surface area contributed by atoms with Gasteiger partial charge in [-0.05, 0) is 79.4 Å². The van der Waals surface area contributed by atoms with Gasteiger partial charge in [0, 0.05) is 31.4 Å². The maximum absolute atomic E-state index is 12.5. The Morgan fingerprint density at radius 1 is 0.971 bits per heavy atom. The van der Waals surface area contributed by atoms with E-state index >= 15 is 0 Å². The maximum Gasteiger partial charge on any atom is 0.308 e. The SMILES string of the molecule is CC(=O)Oc1cc(OCCCCc2ccccc2)cc2c1[C@H]1CC(=O)CC[C@@H]1[C@@H]1CCCC[C@H]21. The molecule has 4 nitrogen and oxygen atoms in total. The molecule has 34 heavy (non-hydrogen) atoms. The van der Waals surface area contributed by atoms with Crippen LogP contribution in [0.5, 0.6) is 11.5 Å². The summed E-state index contributed by atoms with van der Waals surface area (Å²) in [7, 11) is 0. The zero-order valence-corrected chi connectivity index (χ0v) is 20.3. The molecular formula is C30H36O4. The molecule has 0 aromatic heterocycles. The molecule has 0 radical (unpaired) electrons. The number of rotatable bonds is 7. The topological polar surface area (TPSA) is 52.6 Å². The molecule has 5 rings (SSSR count). The third-order valence-electron chi connectivity index (χ3n) is 8.23. The number of hydrogen-bond acceptors (Lipinski definition) is 4. The number of carbonyl (C=O) groups excluding carboxylic acids is 2. The van der Waals surface area contributed by atoms with E-state index in [1.807, 2.05) is 12.1 Å². The summed E-state index contributed by atoms with van der Waals surface area (Å²) in [6, 6.07) is 14.6. The summed E-state index contributed by atoms with van der Waals surface area (Å²) in [6.07, 6.45) is 10.3. The van der Waals surface area contributed by atoms with Crippen LogP contribution in [-0.2, 0) is 16.0 Å². The number of ketones is 1. The lowest BCUT2D eigenvalue weighted by molar-refractivity contribution is -0.132. The smallest absolute Gasteiger partial charge is 0.308 e. The Morgan fingerprint density at radius 2 is 1.76 bits per heavy atom. The number of unbranched alkanes of at least 4 members (excludes halogenated alkanes) is 1. The second-order valence-electron chi connectivity index (χ2n) is 10.4. The first kappa shape index (κ1) is 23.1. The Morgan fingerprint density at radius 3 is 2.59 bits per heavy atom. The Bertz CT molecular complexity index is 1030. The largest absolute Gasteiger partial charge is 0.493 e. The third kappa shape index (κ3) is 4.92. The molecule has 2 aromatic carbocycles. The molecule has 180 valence electrons. The molecule has 0 aliphatic heterocycles. The average Bonchev–Trinajstić information content (AvgIpc) is 2.84. The summed E-state index contributed by atoms with van der Waals surface area (Å²) in [5, 5.41) is 0. The molecule has 0 amide bonds. The number of aryl methyl sites for hydroxylation is 1. The van der Waals surface area contributed by atoms with Crippen molar-refractivity contribution < 1.29 is 19.1 Å². The summed E-state index contributed by atoms with van der Waals surface area (Å²) in [4.78, 5) is 24.5. The average molecular weight is 461 g/mol. The van der Waals surface area contributed by atoms with Gasteiger partial charge in [-0.25, -0.2) is 0 Å². The summed E-state index contributed by atoms with van der Waals surface area (Å²) in [6.45, 7) is 2.10. The number of ether oxygens (including phenoxy) is 2. The van der Waals surface area contributed by atoms with Gasteiger partial charge in [0.05, 0.1) is 6.61 Å². The molecule has 2 saturated carbocycles. The van der Waals surface area contributed by atoms with Crippen molar-refractivity contribution >= 4 is 11.8 Å². The highest BCUT2D eigenvalue weighted by Gasteiger charge is 2.47. The van der Waals surface area contributed by atoms with E-state index in [9.17, 15) is 9.59 Å². The van der Waals surface area contributed by atoms with E-state index in [1.165, 1.54) is 43.7 Å². The van der Waals surface area contributed by atoms with Gasteiger partial charge < -0.3 is 9.47 Å². The van der Waals surface area contributed by atoms with Crippen molar-refractivity contribution in [3.8, 4) is 11.5 Å². The van der Waals surface area contributed by atoms with E-state index in [1.54, 1.807) is 0 Å². The predicted octanol–water partition coefficient (Wildman–Crippen LogP) is 6.75. The normalized spacial score (nSPS) is 25.6. The number of fused-ring (bicyclic) bond motifs is 6. The molecule has 3 aliphatic rings. The Labute approximate surface area is 203 Å². The number of esters is 1. The van der Waals surface area contributed by atoms with Crippen LogP contribution in [0.3, 0.4) is 0 Å². The van der Waals surface area contributed by atoms with Gasteiger partial charge in [0.15, 0.2) is 0 Å². The van der Waals surface area contributed by atoms with E-state index in [4.69, 9.17) is 9.47 Å². The zero-order valence-electron chi connectivity index (χ0n) is 20.3. The monoisotopic (exact) mass is 460 g/mol. The molecular weight excluding hydrogens is 424 g/mol. The lowest BCUT2D eigenvalue weighted by atomic mass is 9.55. The van der Waals surface area contributed by atoms with Crippen LogP contribution in [0.2, 0.25) is 0 Å². The highest BCUT2D eigenvalue weighted by atomic mass is 16.5. The molecule has 2 aromatic rings. The first-order chi connectivity index (χ1) is 16.6. The number of benzene rings is 2. The van der Waals surface area contributed by atoms with Crippen molar-refractivity contribution in [1.82, 2.24) is 0 Å². The molecule has 0 saturated heterocycles. The second kappa shape index (κ2) is 10.3. The van der Waals surface area contributed by atoms with E-state index in [-0.39, 0.29) is 11.9 Å². The number of Topliss-reactive ketones (excluding diaryl/α,β-unsaturated/α-hetero) is 1. The van der Waals surface area contributed by atoms with Crippen LogP contribution < -0.4 is 9.47 Å². The molecule has 0 spiro atoms. The summed E-state index contributed by atoms with van der Waals surface area (Å²) < 4.78 is 12.0. The van der Waals surface area contributed by atoms with Crippen molar-refractivity contribution in [2.24, 2.45) is 11.8 Å². The van der Waals surface area contributed by atoms with Gasteiger partial charge in [-0.2, -0.15) is 0 Å². The maximum atomic E-state index is 12.5. The van der Waals surface area contributed by atoms with Crippen molar-refractivity contribution in [2.75, 3.05) is 6.61 Å². The van der Waals surface area contributed by atoms with Gasteiger partial charge in [0.25, 0.3) is 0 Å². The lowest BCUT2D eigenvalue weighted by Gasteiger charge is -2.49. The fraction of sp³-hybridized carbons (Fsp3) is 0.533. The summed E-state index contributed by atoms with van der Waals surface area (Å²) >= 11 is 0. The van der Waals surface area contributed by atoms with E-state index < -0.39 is 0 Å². The van der Waals surface area contributed by atoms with Gasteiger partial charge >= 0.3 is 5.97 Å². The minimum absolute atomic E-state index is 0.171. The Kier molecular flexibility index (Phi) is 7.03. The van der Waals surface area contributed by atoms with Crippen LogP contribution in [0.15, 0.2) is 42.5 Å². The fourth-order valence-corrected chi connectivity index (χ4v) is 6.83. The van der Waals surface area contributed by atoms with Gasteiger partial charge in [-0.15, -0.1) is 0 Å². The zero-order chi connectivity index (χ0) is 23.5. The standard InChI is InChI=1S/C30H36O4/c1-20(31)34-29-19-23(33-16-8-7-11-21-9-3-2-4-10-21)18-28-25-13-6-5-12-24(25)26-15-14-22(32)17-27(26)30(28)29/h2-4,9-10,18-19,24-27H,5-8,11-17H2,1H3/t24-,25+,26-,27+/m1/s1. The van der Waals surface area contributed by atoms with Gasteiger partial charge in [0.2, 0.25) is 0 Å². The molecule has 4 atom stereocenters. The highest BCUT2D eigenvalue weighted by Crippen LogP contribution is 2.59. The molecule has 3 aliphatic carbocycles. The van der Waals surface area contributed by atoms with Crippen molar-refractivity contribution in [3.63, 3.8) is 0 Å². The van der Waals surface area contributed by atoms with Gasteiger partial charge in [-0.3, -0.25) is 9.59 Å². The molecule has 0 bridgehead atoms. The molecule has 2 fully saturated rings. The third-order valence-corrected chi connectivity index (χ3v) is 8.23. The van der Waals surface area contributed by atoms with Gasteiger partial charge in [-0.1, -0.05) is 43.2 Å². The van der Waals surface area contributed by atoms with E-state index in [2.05, 4.69) is 30.3 Å². The van der Waals surface area contributed by atoms with Crippen LogP contribution >= 0.6 is 0 Å². The van der Waals surface area contributed by atoms with Crippen LogP contribution in [-0.4, -0.2) is 18.4 Å². The van der Waals surface area contributed by atoms with Crippen molar-refractivity contribution in [1.29, 1.82) is 0 Å². The lowest BCUT2D eigenvalue weighted by Crippen LogP contribution is -2.39. The van der Waals surface area contributed by atoms with Crippen molar-refractivity contribution in [2.45, 2.75) is 83.0 Å². The van der Waals surface area contributed by atoms with Crippen LogP contribution in [0.1, 0.15) is 93.2 Å². The summed E-state index contributed by atoms with van der Waals surface area (Å²) in [5.74, 6) is 3.25. The predicted molar refractivity (Wildman–Crippen MR) is 132 cm³/mol. The first-order valence-corrected chi connectivity index (χ1v) is 13.1. The second-order valence-corrected chi connectivity index (χ2v) is 10.4. The molecule has 0 N–H and O–H groups in total. The Balaban J connectivity index is 1.38. The minimum Gasteiger partial charge on any atom is -0.493 e. The van der Waals surface area contributed by atoms with E-state index in [0.29, 0.717) is 48.7 Å². The number of hydrogen-bond donors (Lipinski definition) is 0. The molecule has 0 unspecified atom stereocenters. The fourth-order valence-electron chi connectivity index (χ4n) is 6.83. The molecule has 0 heterocycles. The van der Waals surface area contributed by atoms with Gasteiger partial charge in [0.1, 0.15) is 17.3 Å². The van der Waals surface area contributed by atoms with Crippen LogP contribution in [0, 0.1) is 11.8 Å². The van der Waals surface area contributed by atoms with Crippen molar-refractivity contribution in [3.05, 3.63) is 59.2 Å².